The lowest BCUT2D eigenvalue weighted by molar-refractivity contribution is 0.0917. The highest BCUT2D eigenvalue weighted by molar-refractivity contribution is 5.97. The fourth-order valence-corrected chi connectivity index (χ4v) is 3.50. The van der Waals surface area contributed by atoms with Crippen LogP contribution < -0.4 is 16.4 Å². The quantitative estimate of drug-likeness (QED) is 0.500. The highest BCUT2D eigenvalue weighted by Crippen LogP contribution is 2.14. The summed E-state index contributed by atoms with van der Waals surface area (Å²) in [6, 6.07) is 8.81. The Kier molecular flexibility index (Phi) is 4.93. The van der Waals surface area contributed by atoms with Gasteiger partial charge in [0, 0.05) is 24.1 Å². The smallest absolute Gasteiger partial charge is 0.267 e. The van der Waals surface area contributed by atoms with E-state index in [9.17, 15) is 9.59 Å². The topological polar surface area (TPSA) is 105 Å². The van der Waals surface area contributed by atoms with Crippen molar-refractivity contribution in [1.82, 2.24) is 24.3 Å². The molecule has 2 N–H and O–H groups in total. The van der Waals surface area contributed by atoms with E-state index in [0.717, 1.165) is 11.1 Å². The summed E-state index contributed by atoms with van der Waals surface area (Å²) in [5.74, 6) is -0.406. The molecule has 0 aliphatic carbocycles. The molecule has 4 heterocycles. The van der Waals surface area contributed by atoms with Crippen LogP contribution in [-0.2, 0) is 6.54 Å². The first kappa shape index (κ1) is 20.5. The van der Waals surface area contributed by atoms with Crippen molar-refractivity contribution >= 4 is 22.6 Å². The second-order valence-corrected chi connectivity index (χ2v) is 8.59. The maximum Gasteiger partial charge on any atom is 0.267 e. The Morgan fingerprint density at radius 3 is 2.55 bits per heavy atom. The van der Waals surface area contributed by atoms with E-state index in [1.807, 2.05) is 45.9 Å². The average Bonchev–Trinajstić information content (AvgIpc) is 2.70. The summed E-state index contributed by atoms with van der Waals surface area (Å²) < 4.78 is 3.08. The number of rotatable bonds is 3. The van der Waals surface area contributed by atoms with Crippen LogP contribution in [0.15, 0.2) is 53.7 Å². The molecule has 8 nitrogen and oxygen atoms in total. The minimum atomic E-state index is -0.484. The van der Waals surface area contributed by atoms with E-state index < -0.39 is 11.4 Å². The second kappa shape index (κ2) is 7.46. The standard InChI is InChI=1S/C23H24N6O2/c1-14-6-5-11-28-19(14)26-20-17(22(28)31)12-16(21(30)27-23(2,3)4)18(24)29(20)13-15-7-9-25-10-8-15/h5-12,24H,13H2,1-4H3,(H,27,30). The fourth-order valence-electron chi connectivity index (χ4n) is 3.50. The fraction of sp³-hybridized carbons (Fsp3) is 0.261. The molecule has 0 saturated heterocycles. The zero-order chi connectivity index (χ0) is 22.3. The Balaban J connectivity index is 2.07. The largest absolute Gasteiger partial charge is 0.347 e. The van der Waals surface area contributed by atoms with Crippen LogP contribution in [0.25, 0.3) is 16.7 Å². The van der Waals surface area contributed by atoms with E-state index in [0.29, 0.717) is 11.3 Å². The highest BCUT2D eigenvalue weighted by Gasteiger charge is 2.21. The first-order valence-electron chi connectivity index (χ1n) is 9.97. The molecule has 31 heavy (non-hydrogen) atoms. The molecule has 4 aromatic rings. The number of pyridine rings is 3. The van der Waals surface area contributed by atoms with Gasteiger partial charge in [-0.25, -0.2) is 4.98 Å². The number of amides is 1. The maximum atomic E-state index is 13.3. The van der Waals surface area contributed by atoms with Crippen LogP contribution >= 0.6 is 0 Å². The Morgan fingerprint density at radius 1 is 1.16 bits per heavy atom. The zero-order valence-corrected chi connectivity index (χ0v) is 17.9. The van der Waals surface area contributed by atoms with Gasteiger partial charge in [0.05, 0.1) is 17.5 Å². The van der Waals surface area contributed by atoms with Gasteiger partial charge < -0.3 is 9.88 Å². The number of carbonyl (C=O) groups excluding carboxylic acids is 1. The average molecular weight is 416 g/mol. The van der Waals surface area contributed by atoms with Gasteiger partial charge >= 0.3 is 0 Å². The van der Waals surface area contributed by atoms with E-state index in [4.69, 9.17) is 10.4 Å². The summed E-state index contributed by atoms with van der Waals surface area (Å²) in [4.78, 5) is 35.1. The lowest BCUT2D eigenvalue weighted by atomic mass is 10.1. The van der Waals surface area contributed by atoms with Gasteiger partial charge in [0.1, 0.15) is 16.8 Å². The molecule has 8 heteroatoms. The molecule has 0 fully saturated rings. The van der Waals surface area contributed by atoms with Crippen LogP contribution in [0.2, 0.25) is 0 Å². The van der Waals surface area contributed by atoms with E-state index in [2.05, 4.69) is 10.3 Å². The maximum absolute atomic E-state index is 13.3. The van der Waals surface area contributed by atoms with Crippen molar-refractivity contribution in [3.05, 3.63) is 81.5 Å². The predicted molar refractivity (Wildman–Crippen MR) is 118 cm³/mol. The lowest BCUT2D eigenvalue weighted by Gasteiger charge is -2.21. The molecule has 0 bridgehead atoms. The molecule has 0 aliphatic rings. The van der Waals surface area contributed by atoms with Crippen LogP contribution in [0.5, 0.6) is 0 Å². The number of hydrogen-bond donors (Lipinski definition) is 2. The van der Waals surface area contributed by atoms with Gasteiger partial charge in [-0.1, -0.05) is 6.07 Å². The van der Waals surface area contributed by atoms with Crippen molar-refractivity contribution in [3.63, 3.8) is 0 Å². The molecule has 4 aromatic heterocycles. The highest BCUT2D eigenvalue weighted by atomic mass is 16.2. The minimum Gasteiger partial charge on any atom is -0.347 e. The zero-order valence-electron chi connectivity index (χ0n) is 17.9. The number of nitrogens with one attached hydrogen (secondary N) is 2. The monoisotopic (exact) mass is 416 g/mol. The van der Waals surface area contributed by atoms with Crippen molar-refractivity contribution in [2.45, 2.75) is 39.8 Å². The third-order valence-corrected chi connectivity index (χ3v) is 4.96. The van der Waals surface area contributed by atoms with Gasteiger partial charge in [0.2, 0.25) is 0 Å². The number of hydrogen-bond acceptors (Lipinski definition) is 5. The molecule has 1 amide bonds. The lowest BCUT2D eigenvalue weighted by Crippen LogP contribution is -2.43. The van der Waals surface area contributed by atoms with Gasteiger partial charge in [0.15, 0.2) is 0 Å². The van der Waals surface area contributed by atoms with Crippen LogP contribution in [0.1, 0.15) is 42.3 Å². The van der Waals surface area contributed by atoms with Crippen molar-refractivity contribution in [2.24, 2.45) is 0 Å². The Bertz CT molecular complexity index is 1430. The second-order valence-electron chi connectivity index (χ2n) is 8.59. The molecule has 0 atom stereocenters. The van der Waals surface area contributed by atoms with Crippen molar-refractivity contribution in [2.75, 3.05) is 0 Å². The predicted octanol–water partition coefficient (Wildman–Crippen LogP) is 2.41. The molecular weight excluding hydrogens is 392 g/mol. The van der Waals surface area contributed by atoms with Crippen LogP contribution in [0.4, 0.5) is 0 Å². The number of aromatic nitrogens is 4. The van der Waals surface area contributed by atoms with E-state index in [1.54, 1.807) is 29.2 Å². The third-order valence-electron chi connectivity index (χ3n) is 4.96. The Hall–Kier alpha value is -3.81. The van der Waals surface area contributed by atoms with Crippen molar-refractivity contribution < 1.29 is 4.79 Å². The van der Waals surface area contributed by atoms with E-state index in [-0.39, 0.29) is 28.5 Å². The van der Waals surface area contributed by atoms with Gasteiger partial charge in [0.25, 0.3) is 11.5 Å². The summed E-state index contributed by atoms with van der Waals surface area (Å²) in [7, 11) is 0. The Labute approximate surface area is 178 Å². The summed E-state index contributed by atoms with van der Waals surface area (Å²) in [6.07, 6.45) is 4.99. The van der Waals surface area contributed by atoms with E-state index >= 15 is 0 Å². The normalized spacial score (nSPS) is 11.7. The molecule has 0 aliphatic heterocycles. The molecule has 0 aromatic carbocycles. The van der Waals surface area contributed by atoms with Crippen molar-refractivity contribution in [3.8, 4) is 0 Å². The number of fused-ring (bicyclic) bond motifs is 2. The summed E-state index contributed by atoms with van der Waals surface area (Å²) in [6.45, 7) is 7.77. The van der Waals surface area contributed by atoms with Gasteiger partial charge in [-0.3, -0.25) is 24.4 Å². The minimum absolute atomic E-state index is 0.00380. The SMILES string of the molecule is Cc1cccn2c(=O)c3cc(C(=O)NC(C)(C)C)c(=N)n(Cc4ccncc4)c3nc12. The molecule has 4 rings (SSSR count). The molecule has 0 unspecified atom stereocenters. The first-order valence-corrected chi connectivity index (χ1v) is 9.97. The van der Waals surface area contributed by atoms with Gasteiger partial charge in [-0.05, 0) is 63.1 Å². The number of nitrogens with zero attached hydrogens (tertiary/aromatic N) is 4. The van der Waals surface area contributed by atoms with Gasteiger partial charge in [-0.15, -0.1) is 0 Å². The number of carbonyl (C=O) groups is 1. The van der Waals surface area contributed by atoms with Crippen LogP contribution in [0, 0.1) is 12.3 Å². The first-order chi connectivity index (χ1) is 14.7. The number of aryl methyl sites for hydroxylation is 1. The van der Waals surface area contributed by atoms with Crippen LogP contribution in [-0.4, -0.2) is 30.4 Å². The molecule has 158 valence electrons. The Morgan fingerprint density at radius 2 is 1.87 bits per heavy atom. The molecule has 0 saturated carbocycles. The summed E-state index contributed by atoms with van der Waals surface area (Å²) in [5.41, 5.74) is 1.98. The van der Waals surface area contributed by atoms with E-state index in [1.165, 1.54) is 10.5 Å². The van der Waals surface area contributed by atoms with Gasteiger partial charge in [-0.2, -0.15) is 0 Å². The van der Waals surface area contributed by atoms with Crippen molar-refractivity contribution in [1.29, 1.82) is 5.41 Å². The molecule has 0 radical (unpaired) electrons. The third kappa shape index (κ3) is 3.84. The molecular formula is C23H24N6O2. The van der Waals surface area contributed by atoms with Crippen LogP contribution in [0.3, 0.4) is 0 Å². The summed E-state index contributed by atoms with van der Waals surface area (Å²) in [5, 5.41) is 12.0. The summed E-state index contributed by atoms with van der Waals surface area (Å²) >= 11 is 0. The molecule has 0 spiro atoms.